The van der Waals surface area contributed by atoms with Crippen LogP contribution in [-0.2, 0) is 18.5 Å². The van der Waals surface area contributed by atoms with Crippen molar-refractivity contribution in [2.45, 2.75) is 49.0 Å². The first-order valence-corrected chi connectivity index (χ1v) is 11.0. The molecule has 7 heteroatoms. The van der Waals surface area contributed by atoms with Crippen molar-refractivity contribution >= 4 is 29.4 Å². The number of hydrogen-bond acceptors (Lipinski definition) is 4. The fourth-order valence-electron chi connectivity index (χ4n) is 0.367. The second kappa shape index (κ2) is 31.4. The van der Waals surface area contributed by atoms with Gasteiger partial charge in [-0.3, -0.25) is 0 Å². The third kappa shape index (κ3) is 81.5. The van der Waals surface area contributed by atoms with Crippen molar-refractivity contribution in [2.24, 2.45) is 0 Å². The zero-order valence-electron chi connectivity index (χ0n) is 11.4. The van der Waals surface area contributed by atoms with E-state index in [0.717, 1.165) is 19.0 Å². The molecule has 0 heterocycles. The van der Waals surface area contributed by atoms with Gasteiger partial charge in [0, 0.05) is 0 Å². The van der Waals surface area contributed by atoms with E-state index in [-0.39, 0.29) is 22.3 Å². The van der Waals surface area contributed by atoms with E-state index in [9.17, 15) is 18.5 Å². The van der Waals surface area contributed by atoms with Crippen LogP contribution < -0.4 is 0 Å². The van der Waals surface area contributed by atoms with Crippen molar-refractivity contribution in [1.82, 2.24) is 0 Å². The zero-order chi connectivity index (χ0) is 14.3. The summed E-state index contributed by atoms with van der Waals surface area (Å²) in [6.45, 7) is 9.01. The first-order valence-electron chi connectivity index (χ1n) is 5.43. The molecule has 0 N–H and O–H groups in total. The van der Waals surface area contributed by atoms with Gasteiger partial charge in [-0.15, -0.1) is 0 Å². The minimum Gasteiger partial charge on any atom is -0.244 e. The molecule has 20 heavy (non-hydrogen) atoms. The van der Waals surface area contributed by atoms with Gasteiger partial charge in [0.15, 0.2) is 6.16 Å². The lowest BCUT2D eigenvalue weighted by Gasteiger charge is -1.76. The van der Waals surface area contributed by atoms with Gasteiger partial charge in [0.2, 0.25) is 0 Å². The van der Waals surface area contributed by atoms with Gasteiger partial charge in [-0.05, 0) is 13.3 Å². The summed E-state index contributed by atoms with van der Waals surface area (Å²) in [5.74, 6) is 0. The van der Waals surface area contributed by atoms with E-state index >= 15 is 0 Å². The van der Waals surface area contributed by atoms with Crippen LogP contribution in [0.2, 0.25) is 0 Å². The van der Waals surface area contributed by atoms with Crippen LogP contribution in [0.5, 0.6) is 0 Å². The number of unbranched alkanes of at least 4 members (excludes halogenated alkanes) is 1. The third-order valence-corrected chi connectivity index (χ3v) is 3.18. The Kier molecular flexibility index (Phi) is 57.8. The molecule has 0 spiro atoms. The van der Waals surface area contributed by atoms with Crippen LogP contribution in [0.3, 0.4) is 0 Å². The number of carbonyl (C=O) groups is 1. The summed E-state index contributed by atoms with van der Waals surface area (Å²) in [5.41, 5.74) is 0. The lowest BCUT2D eigenvalue weighted by molar-refractivity contribution is 0.557. The lowest BCUT2D eigenvalue weighted by atomic mass is 10.4. The Hall–Kier alpha value is -0.0300. The SMILES string of the molecule is C.C.C.CCCC[P+](=O)C=O.CC[P+](C)=O.C[P+](C)=O. The summed E-state index contributed by atoms with van der Waals surface area (Å²) in [6, 6.07) is 0.533. The van der Waals surface area contributed by atoms with E-state index in [4.69, 9.17) is 0 Å². The predicted octanol–water partition coefficient (Wildman–Crippen LogP) is 6.25. The number of rotatable bonds is 5. The van der Waals surface area contributed by atoms with Crippen molar-refractivity contribution in [1.29, 1.82) is 0 Å². The number of carbonyl (C=O) groups excluding carboxylic acids is 1. The first kappa shape index (κ1) is 36.8. The van der Waals surface area contributed by atoms with Crippen molar-refractivity contribution in [3.63, 3.8) is 0 Å². The molecule has 0 saturated carbocycles. The molecule has 0 aliphatic heterocycles. The van der Waals surface area contributed by atoms with E-state index in [0.29, 0.717) is 12.2 Å². The Morgan fingerprint density at radius 1 is 0.900 bits per heavy atom. The number of hydrogen-bond donors (Lipinski definition) is 0. The van der Waals surface area contributed by atoms with Crippen LogP contribution in [0.15, 0.2) is 0 Å². The molecule has 2 atom stereocenters. The molecule has 2 unspecified atom stereocenters. The maximum atomic E-state index is 10.4. The molecule has 0 aromatic carbocycles. The van der Waals surface area contributed by atoms with Crippen LogP contribution >= 0.6 is 23.4 Å². The molecule has 0 saturated heterocycles. The van der Waals surface area contributed by atoms with E-state index in [1.165, 1.54) is 0 Å². The summed E-state index contributed by atoms with van der Waals surface area (Å²) in [4.78, 5) is 9.73. The van der Waals surface area contributed by atoms with Crippen molar-refractivity contribution in [3.05, 3.63) is 0 Å². The molecule has 0 aromatic heterocycles. The van der Waals surface area contributed by atoms with Crippen LogP contribution in [0.25, 0.3) is 0 Å². The van der Waals surface area contributed by atoms with Gasteiger partial charge in [-0.25, -0.2) is 4.79 Å². The molecule has 0 bridgehead atoms. The minimum absolute atomic E-state index is 0. The first-order chi connectivity index (χ1) is 7.81. The molecule has 0 radical (unpaired) electrons. The highest BCUT2D eigenvalue weighted by Gasteiger charge is 2.09. The summed E-state index contributed by atoms with van der Waals surface area (Å²) in [6.07, 6.45) is 3.29. The van der Waals surface area contributed by atoms with Crippen LogP contribution in [-0.4, -0.2) is 38.3 Å². The molecule has 0 aromatic rings. The van der Waals surface area contributed by atoms with Gasteiger partial charge < -0.3 is 0 Å². The van der Waals surface area contributed by atoms with Crippen molar-refractivity contribution in [2.75, 3.05) is 32.3 Å². The topological polar surface area (TPSA) is 68.3 Å². The Balaban J connectivity index is -0.0000000363. The van der Waals surface area contributed by atoms with Gasteiger partial charge in [0.05, 0.1) is 0 Å². The quantitative estimate of drug-likeness (QED) is 0.434. The van der Waals surface area contributed by atoms with Gasteiger partial charge in [-0.1, -0.05) is 49.3 Å². The van der Waals surface area contributed by atoms with E-state index in [1.807, 2.05) is 13.8 Å². The average molecular weight is 349 g/mol. The zero-order valence-corrected chi connectivity index (χ0v) is 14.1. The summed E-state index contributed by atoms with van der Waals surface area (Å²) >= 11 is 0. The Morgan fingerprint density at radius 2 is 1.20 bits per heavy atom. The standard InChI is InChI=1S/C5H10O2P.C3H8OP.C2H6OP.3CH4/c1-2-3-4-8(7)5-6;1-3-5(2)4;1-4(2)3;;;/h5H,2-4H2,1H3;3H2,1-2H3;1-2H3;3*1H4/q3*+1;;;. The fraction of sp³-hybridized carbons (Fsp3) is 0.923. The average Bonchev–Trinajstić information content (AvgIpc) is 2.25. The lowest BCUT2D eigenvalue weighted by Crippen LogP contribution is -1.75. The summed E-state index contributed by atoms with van der Waals surface area (Å²) in [7, 11) is -3.23. The Bertz CT molecular complexity index is 240. The highest BCUT2D eigenvalue weighted by atomic mass is 31.1. The monoisotopic (exact) mass is 349 g/mol. The predicted molar refractivity (Wildman–Crippen MR) is 97.9 cm³/mol. The molecule has 124 valence electrons. The van der Waals surface area contributed by atoms with E-state index in [1.54, 1.807) is 20.0 Å². The molecule has 0 aliphatic carbocycles. The van der Waals surface area contributed by atoms with E-state index < -0.39 is 23.4 Å². The molecule has 0 rings (SSSR count). The molecule has 0 aliphatic rings. The van der Waals surface area contributed by atoms with Gasteiger partial charge in [-0.2, -0.15) is 0 Å². The van der Waals surface area contributed by atoms with E-state index in [2.05, 4.69) is 0 Å². The maximum absolute atomic E-state index is 10.4. The molecule has 0 amide bonds. The Morgan fingerprint density at radius 3 is 1.35 bits per heavy atom. The fourth-order valence-corrected chi connectivity index (χ4v) is 1.10. The molecule has 0 fully saturated rings. The van der Waals surface area contributed by atoms with Crippen LogP contribution in [0.1, 0.15) is 49.0 Å². The largest absolute Gasteiger partial charge is 0.411 e. The summed E-state index contributed by atoms with van der Waals surface area (Å²) < 4.78 is 29.9. The van der Waals surface area contributed by atoms with Crippen molar-refractivity contribution < 1.29 is 18.5 Å². The highest BCUT2D eigenvalue weighted by molar-refractivity contribution is 7.60. The molecular formula is C13H36O4P3+3. The van der Waals surface area contributed by atoms with Gasteiger partial charge in [0.1, 0.15) is 26.2 Å². The van der Waals surface area contributed by atoms with Gasteiger partial charge >= 0.3 is 29.4 Å². The smallest absolute Gasteiger partial charge is 0.244 e. The van der Waals surface area contributed by atoms with Crippen molar-refractivity contribution in [3.8, 4) is 0 Å². The second-order valence-corrected chi connectivity index (χ2v) is 8.36. The summed E-state index contributed by atoms with van der Waals surface area (Å²) in [5, 5.41) is 0. The van der Waals surface area contributed by atoms with Gasteiger partial charge in [0.25, 0.3) is 0 Å². The van der Waals surface area contributed by atoms with Crippen LogP contribution in [0, 0.1) is 0 Å². The minimum atomic E-state index is -1.51. The molecular weight excluding hydrogens is 313 g/mol. The third-order valence-electron chi connectivity index (χ3n) is 1.29. The highest BCUT2D eigenvalue weighted by Crippen LogP contribution is 2.16. The normalized spacial score (nSPS) is 8.45. The van der Waals surface area contributed by atoms with Crippen LogP contribution in [0.4, 0.5) is 0 Å². The Labute approximate surface area is 129 Å². The molecule has 4 nitrogen and oxygen atoms in total. The second-order valence-electron chi connectivity index (χ2n) is 3.36. The maximum Gasteiger partial charge on any atom is 0.411 e.